The van der Waals surface area contributed by atoms with E-state index in [0.717, 1.165) is 16.8 Å². The smallest absolute Gasteiger partial charge is 0.238 e. The van der Waals surface area contributed by atoms with Crippen LogP contribution in [-0.2, 0) is 21.4 Å². The first-order valence-electron chi connectivity index (χ1n) is 8.33. The molecule has 0 saturated heterocycles. The summed E-state index contributed by atoms with van der Waals surface area (Å²) in [5.41, 5.74) is 1.69. The molecular formula is C20H21FN2O2. The first kappa shape index (κ1) is 17.1. The molecule has 0 aromatic heterocycles. The summed E-state index contributed by atoms with van der Waals surface area (Å²) < 4.78 is 12.4. The number of hydrogen-bond acceptors (Lipinski definition) is 2. The molecule has 1 N–H and O–H groups in total. The maximum absolute atomic E-state index is 13.2. The van der Waals surface area contributed by atoms with E-state index in [9.17, 15) is 14.0 Å². The van der Waals surface area contributed by atoms with Gasteiger partial charge in [0.1, 0.15) is 6.67 Å². The molecule has 0 radical (unpaired) electrons. The highest BCUT2D eigenvalue weighted by Gasteiger charge is 2.50. The fourth-order valence-corrected chi connectivity index (χ4v) is 3.59. The molecule has 5 heteroatoms. The molecule has 2 aromatic rings. The van der Waals surface area contributed by atoms with Crippen LogP contribution in [0, 0.1) is 0 Å². The Balaban J connectivity index is 2.03. The Morgan fingerprint density at radius 1 is 1.12 bits per heavy atom. The van der Waals surface area contributed by atoms with E-state index < -0.39 is 12.1 Å². The van der Waals surface area contributed by atoms with Gasteiger partial charge in [0, 0.05) is 25.7 Å². The van der Waals surface area contributed by atoms with Gasteiger partial charge in [-0.25, -0.2) is 4.39 Å². The fraction of sp³-hybridized carbons (Fsp3) is 0.300. The molecule has 1 atom stereocenters. The zero-order valence-electron chi connectivity index (χ0n) is 14.2. The Morgan fingerprint density at radius 2 is 1.80 bits per heavy atom. The van der Waals surface area contributed by atoms with Crippen LogP contribution in [0.5, 0.6) is 0 Å². The van der Waals surface area contributed by atoms with E-state index in [0.29, 0.717) is 6.42 Å². The molecule has 0 aliphatic carbocycles. The number of likely N-dealkylation sites (N-methyl/N-ethyl adjacent to an activating group) is 1. The predicted molar refractivity (Wildman–Crippen MR) is 95.3 cm³/mol. The van der Waals surface area contributed by atoms with Crippen LogP contribution in [0.15, 0.2) is 54.6 Å². The van der Waals surface area contributed by atoms with Crippen molar-refractivity contribution < 1.29 is 14.0 Å². The molecule has 1 heterocycles. The molecule has 1 aliphatic rings. The first-order valence-corrected chi connectivity index (χ1v) is 8.33. The molecule has 2 amide bonds. The van der Waals surface area contributed by atoms with Gasteiger partial charge in [-0.15, -0.1) is 0 Å². The largest absolute Gasteiger partial charge is 0.353 e. The highest BCUT2D eigenvalue weighted by atomic mass is 19.1. The minimum atomic E-state index is -0.965. The summed E-state index contributed by atoms with van der Waals surface area (Å²) in [7, 11) is 1.73. The van der Waals surface area contributed by atoms with E-state index in [1.807, 2.05) is 54.6 Å². The van der Waals surface area contributed by atoms with Crippen LogP contribution >= 0.6 is 0 Å². The van der Waals surface area contributed by atoms with Crippen LogP contribution < -0.4 is 10.2 Å². The molecule has 130 valence electrons. The normalized spacial score (nSPS) is 19.0. The molecule has 0 fully saturated rings. The number of nitrogens with zero attached hydrogens (tertiary/aromatic N) is 1. The lowest BCUT2D eigenvalue weighted by Crippen LogP contribution is -2.44. The lowest BCUT2D eigenvalue weighted by atomic mass is 9.73. The maximum Gasteiger partial charge on any atom is 0.238 e. The highest BCUT2D eigenvalue weighted by molar-refractivity contribution is 6.09. The zero-order chi connectivity index (χ0) is 17.9. The molecule has 3 rings (SSSR count). The van der Waals surface area contributed by atoms with E-state index >= 15 is 0 Å². The molecule has 0 bridgehead atoms. The van der Waals surface area contributed by atoms with Gasteiger partial charge in [-0.05, 0) is 23.6 Å². The predicted octanol–water partition coefficient (Wildman–Crippen LogP) is 2.62. The second-order valence-corrected chi connectivity index (χ2v) is 6.34. The Bertz CT molecular complexity index is 778. The molecule has 0 saturated carbocycles. The monoisotopic (exact) mass is 340 g/mol. The van der Waals surface area contributed by atoms with Gasteiger partial charge in [-0.3, -0.25) is 9.59 Å². The molecule has 0 unspecified atom stereocenters. The molecule has 2 aromatic carbocycles. The molecule has 4 nitrogen and oxygen atoms in total. The van der Waals surface area contributed by atoms with Crippen molar-refractivity contribution in [1.29, 1.82) is 0 Å². The van der Waals surface area contributed by atoms with Gasteiger partial charge < -0.3 is 10.2 Å². The van der Waals surface area contributed by atoms with Gasteiger partial charge in [0.15, 0.2) is 0 Å². The van der Waals surface area contributed by atoms with Crippen molar-refractivity contribution in [2.24, 2.45) is 0 Å². The minimum Gasteiger partial charge on any atom is -0.353 e. The molecule has 0 spiro atoms. The van der Waals surface area contributed by atoms with Gasteiger partial charge >= 0.3 is 0 Å². The highest BCUT2D eigenvalue weighted by Crippen LogP contribution is 2.45. The van der Waals surface area contributed by atoms with E-state index in [-0.39, 0.29) is 24.8 Å². The summed E-state index contributed by atoms with van der Waals surface area (Å²) in [6, 6.07) is 17.2. The lowest BCUT2D eigenvalue weighted by Gasteiger charge is -2.28. The van der Waals surface area contributed by atoms with Crippen molar-refractivity contribution in [3.05, 3.63) is 65.7 Å². The molecule has 25 heavy (non-hydrogen) atoms. The van der Waals surface area contributed by atoms with Crippen LogP contribution in [0.3, 0.4) is 0 Å². The Kier molecular flexibility index (Phi) is 4.83. The first-order chi connectivity index (χ1) is 12.1. The number of halogens is 1. The van der Waals surface area contributed by atoms with Crippen molar-refractivity contribution in [2.45, 2.75) is 18.3 Å². The lowest BCUT2D eigenvalue weighted by molar-refractivity contribution is -0.129. The van der Waals surface area contributed by atoms with Gasteiger partial charge in [0.2, 0.25) is 11.8 Å². The van der Waals surface area contributed by atoms with Gasteiger partial charge in [-0.2, -0.15) is 0 Å². The number of nitrogens with one attached hydrogen (secondary N) is 1. The van der Waals surface area contributed by atoms with Crippen LogP contribution in [0.2, 0.25) is 0 Å². The summed E-state index contributed by atoms with van der Waals surface area (Å²) in [5, 5.41) is 2.55. The third kappa shape index (κ3) is 3.14. The number of anilines is 1. The summed E-state index contributed by atoms with van der Waals surface area (Å²) >= 11 is 0. The number of carbonyl (C=O) groups excluding carboxylic acids is 2. The Labute approximate surface area is 146 Å². The van der Waals surface area contributed by atoms with Crippen molar-refractivity contribution in [1.82, 2.24) is 5.32 Å². The van der Waals surface area contributed by atoms with E-state index in [2.05, 4.69) is 5.32 Å². The van der Waals surface area contributed by atoms with E-state index in [1.165, 1.54) is 0 Å². The van der Waals surface area contributed by atoms with Gasteiger partial charge in [0.25, 0.3) is 0 Å². The number of carbonyl (C=O) groups is 2. The summed E-state index contributed by atoms with van der Waals surface area (Å²) in [4.78, 5) is 27.1. The van der Waals surface area contributed by atoms with Crippen LogP contribution in [0.25, 0.3) is 0 Å². The summed E-state index contributed by atoms with van der Waals surface area (Å²) in [6.07, 6.45) is 0.430. The van der Waals surface area contributed by atoms with Crippen molar-refractivity contribution in [3.63, 3.8) is 0 Å². The van der Waals surface area contributed by atoms with Gasteiger partial charge in [-0.1, -0.05) is 48.5 Å². The second kappa shape index (κ2) is 7.05. The van der Waals surface area contributed by atoms with E-state index in [1.54, 1.807) is 11.9 Å². The number of benzene rings is 2. The fourth-order valence-electron chi connectivity index (χ4n) is 3.59. The van der Waals surface area contributed by atoms with Crippen molar-refractivity contribution in [2.75, 3.05) is 25.2 Å². The number of alkyl halides is 1. The van der Waals surface area contributed by atoms with Crippen molar-refractivity contribution in [3.8, 4) is 0 Å². The standard InChI is InChI=1S/C20H21FN2O2/c1-23-17-10-6-5-9-16(17)20(19(23)25,14-18(24)22-12-11-21)13-15-7-3-2-4-8-15/h2-10H,11-14H2,1H3,(H,22,24)/t20-/m0/s1. The molecule has 1 aliphatic heterocycles. The summed E-state index contributed by atoms with van der Waals surface area (Å²) in [6.45, 7) is -0.659. The number of amides is 2. The number of fused-ring (bicyclic) bond motifs is 1. The van der Waals surface area contributed by atoms with E-state index in [4.69, 9.17) is 0 Å². The second-order valence-electron chi connectivity index (χ2n) is 6.34. The van der Waals surface area contributed by atoms with Crippen LogP contribution in [-0.4, -0.2) is 32.1 Å². The third-order valence-electron chi connectivity index (χ3n) is 4.72. The maximum atomic E-state index is 13.2. The number of hydrogen-bond donors (Lipinski definition) is 1. The SMILES string of the molecule is CN1C(=O)[C@](CC(=O)NCCF)(Cc2ccccc2)c2ccccc21. The van der Waals surface area contributed by atoms with Crippen LogP contribution in [0.1, 0.15) is 17.5 Å². The topological polar surface area (TPSA) is 49.4 Å². The minimum absolute atomic E-state index is 0.00206. The molecular weight excluding hydrogens is 319 g/mol. The Hall–Kier alpha value is -2.69. The van der Waals surface area contributed by atoms with Crippen LogP contribution in [0.4, 0.5) is 10.1 Å². The number of rotatable bonds is 6. The van der Waals surface area contributed by atoms with Crippen molar-refractivity contribution >= 4 is 17.5 Å². The average molecular weight is 340 g/mol. The zero-order valence-corrected chi connectivity index (χ0v) is 14.2. The van der Waals surface area contributed by atoms with Gasteiger partial charge in [0.05, 0.1) is 5.41 Å². The third-order valence-corrected chi connectivity index (χ3v) is 4.72. The quantitative estimate of drug-likeness (QED) is 0.879. The Morgan fingerprint density at radius 3 is 2.52 bits per heavy atom. The summed E-state index contributed by atoms with van der Waals surface area (Å²) in [5.74, 6) is -0.417. The number of para-hydroxylation sites is 1. The average Bonchev–Trinajstić information content (AvgIpc) is 2.84.